The molecule has 0 aliphatic heterocycles. The maximum Gasteiger partial charge on any atom is 0.120 e. The van der Waals surface area contributed by atoms with Crippen LogP contribution in [0.15, 0.2) is 28.7 Å². The van der Waals surface area contributed by atoms with Gasteiger partial charge in [0, 0.05) is 22.4 Å². The third kappa shape index (κ3) is 4.64. The molecular formula is C16H23BrClNO. The highest BCUT2D eigenvalue weighted by Gasteiger charge is 2.33. The number of ether oxygens (including phenoxy) is 1. The Kier molecular flexibility index (Phi) is 6.19. The summed E-state index contributed by atoms with van der Waals surface area (Å²) in [7, 11) is 0. The number of nitrogens with one attached hydrogen (secondary N) is 1. The second-order valence-electron chi connectivity index (χ2n) is 5.85. The van der Waals surface area contributed by atoms with Crippen molar-refractivity contribution in [3.05, 3.63) is 28.7 Å². The van der Waals surface area contributed by atoms with Crippen molar-refractivity contribution in [2.75, 3.05) is 19.0 Å². The monoisotopic (exact) mass is 359 g/mol. The van der Waals surface area contributed by atoms with Crippen LogP contribution in [0.1, 0.15) is 32.6 Å². The van der Waals surface area contributed by atoms with Crippen LogP contribution >= 0.6 is 27.5 Å². The fourth-order valence-corrected chi connectivity index (χ4v) is 3.75. The summed E-state index contributed by atoms with van der Waals surface area (Å²) in [6.45, 7) is 3.83. The van der Waals surface area contributed by atoms with Gasteiger partial charge in [-0.15, -0.1) is 11.6 Å². The number of alkyl halides is 1. The molecule has 20 heavy (non-hydrogen) atoms. The first-order valence-corrected chi connectivity index (χ1v) is 8.66. The van der Waals surface area contributed by atoms with Crippen LogP contribution < -0.4 is 10.1 Å². The smallest absolute Gasteiger partial charge is 0.120 e. The molecule has 0 spiro atoms. The highest BCUT2D eigenvalue weighted by atomic mass is 79.9. The van der Waals surface area contributed by atoms with Gasteiger partial charge in [0.25, 0.3) is 0 Å². The van der Waals surface area contributed by atoms with Gasteiger partial charge in [0.15, 0.2) is 0 Å². The van der Waals surface area contributed by atoms with Gasteiger partial charge in [0.1, 0.15) is 12.4 Å². The minimum absolute atomic E-state index is 0.111. The number of hydrogen-bond donors (Lipinski definition) is 1. The predicted molar refractivity (Wildman–Crippen MR) is 88.7 cm³/mol. The number of benzene rings is 1. The van der Waals surface area contributed by atoms with Crippen molar-refractivity contribution >= 4 is 27.5 Å². The summed E-state index contributed by atoms with van der Waals surface area (Å²) in [5.41, 5.74) is 0.111. The van der Waals surface area contributed by atoms with Crippen LogP contribution in [0.2, 0.25) is 0 Å². The van der Waals surface area contributed by atoms with Gasteiger partial charge in [-0.2, -0.15) is 0 Å². The maximum absolute atomic E-state index is 6.21. The fourth-order valence-electron chi connectivity index (χ4n) is 3.03. The van der Waals surface area contributed by atoms with Crippen molar-refractivity contribution in [3.63, 3.8) is 0 Å². The van der Waals surface area contributed by atoms with E-state index in [-0.39, 0.29) is 5.54 Å². The lowest BCUT2D eigenvalue weighted by Crippen LogP contribution is -2.51. The average Bonchev–Trinajstić information content (AvgIpc) is 2.44. The molecule has 2 unspecified atom stereocenters. The van der Waals surface area contributed by atoms with E-state index >= 15 is 0 Å². The van der Waals surface area contributed by atoms with Crippen molar-refractivity contribution in [1.82, 2.24) is 5.32 Å². The van der Waals surface area contributed by atoms with Gasteiger partial charge in [0.2, 0.25) is 0 Å². The molecule has 1 fully saturated rings. The van der Waals surface area contributed by atoms with E-state index in [1.165, 1.54) is 25.7 Å². The van der Waals surface area contributed by atoms with Crippen LogP contribution in [0.25, 0.3) is 0 Å². The van der Waals surface area contributed by atoms with Crippen LogP contribution in [-0.4, -0.2) is 24.6 Å². The van der Waals surface area contributed by atoms with Gasteiger partial charge in [-0.25, -0.2) is 0 Å². The van der Waals surface area contributed by atoms with Crippen LogP contribution in [0.3, 0.4) is 0 Å². The van der Waals surface area contributed by atoms with E-state index in [9.17, 15) is 0 Å². The van der Waals surface area contributed by atoms with Gasteiger partial charge in [-0.05, 0) is 37.0 Å². The Labute approximate surface area is 135 Å². The molecule has 0 saturated heterocycles. The molecule has 1 aromatic rings. The third-order valence-corrected chi connectivity index (χ3v) is 5.02. The Morgan fingerprint density at radius 3 is 3.05 bits per heavy atom. The Hall–Kier alpha value is -0.250. The molecule has 0 heterocycles. The van der Waals surface area contributed by atoms with E-state index in [0.29, 0.717) is 12.5 Å². The lowest BCUT2D eigenvalue weighted by Gasteiger charge is -2.39. The molecule has 2 nitrogen and oxygen atoms in total. The van der Waals surface area contributed by atoms with Gasteiger partial charge >= 0.3 is 0 Å². The average molecular weight is 361 g/mol. The first-order chi connectivity index (χ1) is 9.63. The molecule has 0 aromatic heterocycles. The van der Waals surface area contributed by atoms with Crippen molar-refractivity contribution in [2.24, 2.45) is 5.92 Å². The van der Waals surface area contributed by atoms with Gasteiger partial charge in [-0.1, -0.05) is 41.8 Å². The van der Waals surface area contributed by atoms with Crippen LogP contribution in [0, 0.1) is 5.92 Å². The molecule has 112 valence electrons. The fraction of sp³-hybridized carbons (Fsp3) is 0.625. The zero-order valence-corrected chi connectivity index (χ0v) is 14.3. The minimum Gasteiger partial charge on any atom is -0.492 e. The lowest BCUT2D eigenvalue weighted by molar-refractivity contribution is 0.195. The summed E-state index contributed by atoms with van der Waals surface area (Å²) in [6.07, 6.45) is 4.95. The summed E-state index contributed by atoms with van der Waals surface area (Å²) in [5, 5.41) is 3.63. The predicted octanol–water partition coefficient (Wildman–Crippen LogP) is 4.61. The van der Waals surface area contributed by atoms with E-state index in [1.54, 1.807) is 0 Å². The second-order valence-corrected chi connectivity index (χ2v) is 7.03. The highest BCUT2D eigenvalue weighted by Crippen LogP contribution is 2.33. The molecular weight excluding hydrogens is 338 g/mol. The maximum atomic E-state index is 6.21. The van der Waals surface area contributed by atoms with E-state index < -0.39 is 0 Å². The first kappa shape index (κ1) is 16.1. The molecule has 1 aliphatic carbocycles. The molecule has 4 heteroatoms. The van der Waals surface area contributed by atoms with E-state index in [1.807, 2.05) is 24.3 Å². The summed E-state index contributed by atoms with van der Waals surface area (Å²) in [4.78, 5) is 0. The molecule has 2 atom stereocenters. The largest absolute Gasteiger partial charge is 0.492 e. The van der Waals surface area contributed by atoms with Gasteiger partial charge in [0.05, 0.1) is 0 Å². The zero-order chi connectivity index (χ0) is 14.4. The van der Waals surface area contributed by atoms with Crippen LogP contribution in [0.4, 0.5) is 0 Å². The number of halogens is 2. The topological polar surface area (TPSA) is 21.3 Å². The minimum atomic E-state index is 0.111. The Balaban J connectivity index is 1.76. The van der Waals surface area contributed by atoms with Crippen molar-refractivity contribution in [2.45, 2.75) is 38.1 Å². The van der Waals surface area contributed by atoms with Crippen molar-refractivity contribution < 1.29 is 4.74 Å². The second kappa shape index (κ2) is 7.67. The van der Waals surface area contributed by atoms with Crippen molar-refractivity contribution in [3.8, 4) is 5.75 Å². The molecule has 1 N–H and O–H groups in total. The molecule has 0 radical (unpaired) electrons. The molecule has 0 amide bonds. The first-order valence-electron chi connectivity index (χ1n) is 7.33. The standard InChI is InChI=1S/C16H23BrClNO/c1-13-4-3-7-16(11-13,12-18)19-8-9-20-15-6-2-5-14(17)10-15/h2,5-6,10,13,19H,3-4,7-9,11-12H2,1H3. The van der Waals surface area contributed by atoms with Gasteiger partial charge in [-0.3, -0.25) is 0 Å². The van der Waals surface area contributed by atoms with Gasteiger partial charge < -0.3 is 10.1 Å². The number of hydrogen-bond acceptors (Lipinski definition) is 2. The summed E-state index contributed by atoms with van der Waals surface area (Å²) in [6, 6.07) is 7.94. The Morgan fingerprint density at radius 1 is 1.50 bits per heavy atom. The Bertz CT molecular complexity index is 429. The normalized spacial score (nSPS) is 26.4. The Morgan fingerprint density at radius 2 is 2.35 bits per heavy atom. The molecule has 1 aliphatic rings. The summed E-state index contributed by atoms with van der Waals surface area (Å²) in [5.74, 6) is 2.35. The lowest BCUT2D eigenvalue weighted by atomic mass is 9.77. The summed E-state index contributed by atoms with van der Waals surface area (Å²) >= 11 is 9.66. The van der Waals surface area contributed by atoms with Crippen LogP contribution in [0.5, 0.6) is 5.75 Å². The molecule has 1 saturated carbocycles. The molecule has 2 rings (SSSR count). The molecule has 0 bridgehead atoms. The van der Waals surface area contributed by atoms with E-state index in [4.69, 9.17) is 16.3 Å². The molecule has 1 aromatic carbocycles. The van der Waals surface area contributed by atoms with E-state index in [0.717, 1.165) is 22.7 Å². The quantitative estimate of drug-likeness (QED) is 0.591. The van der Waals surface area contributed by atoms with Crippen LogP contribution in [-0.2, 0) is 0 Å². The number of rotatable bonds is 6. The van der Waals surface area contributed by atoms with E-state index in [2.05, 4.69) is 28.2 Å². The summed E-state index contributed by atoms with van der Waals surface area (Å²) < 4.78 is 6.80. The SMILES string of the molecule is CC1CCCC(CCl)(NCCOc2cccc(Br)c2)C1. The zero-order valence-electron chi connectivity index (χ0n) is 12.0. The third-order valence-electron chi connectivity index (χ3n) is 4.01. The van der Waals surface area contributed by atoms with Crippen molar-refractivity contribution in [1.29, 1.82) is 0 Å². The highest BCUT2D eigenvalue weighted by molar-refractivity contribution is 9.10.